The van der Waals surface area contributed by atoms with Crippen molar-refractivity contribution in [2.24, 2.45) is 0 Å². The van der Waals surface area contributed by atoms with Gasteiger partial charge in [0.15, 0.2) is 5.11 Å². The van der Waals surface area contributed by atoms with Gasteiger partial charge in [-0.15, -0.1) is 0 Å². The number of halogens is 1. The van der Waals surface area contributed by atoms with Crippen LogP contribution in [0.25, 0.3) is 0 Å². The summed E-state index contributed by atoms with van der Waals surface area (Å²) in [5, 5.41) is 5.61. The van der Waals surface area contributed by atoms with Crippen molar-refractivity contribution in [3.8, 4) is 0 Å². The first-order chi connectivity index (χ1) is 15.2. The monoisotopic (exact) mass is 531 g/mol. The van der Waals surface area contributed by atoms with E-state index >= 15 is 0 Å². The summed E-state index contributed by atoms with van der Waals surface area (Å²) in [5.74, 6) is -0.343. The molecule has 166 valence electrons. The SMILES string of the molecule is Cc1ccc(C(=O)NC(=S)Nc2ccc(S(=O)(=O)NCCc3ccccc3)cc2)cc1Br. The number of anilines is 1. The van der Waals surface area contributed by atoms with Gasteiger partial charge in [0.1, 0.15) is 0 Å². The van der Waals surface area contributed by atoms with E-state index in [1.807, 2.05) is 43.3 Å². The van der Waals surface area contributed by atoms with E-state index in [4.69, 9.17) is 12.2 Å². The number of hydrogen-bond donors (Lipinski definition) is 3. The van der Waals surface area contributed by atoms with Crippen molar-refractivity contribution in [2.45, 2.75) is 18.2 Å². The summed E-state index contributed by atoms with van der Waals surface area (Å²) in [6, 6.07) is 21.1. The summed E-state index contributed by atoms with van der Waals surface area (Å²) >= 11 is 8.60. The Labute approximate surface area is 201 Å². The minimum Gasteiger partial charge on any atom is -0.332 e. The van der Waals surface area contributed by atoms with Gasteiger partial charge in [0.05, 0.1) is 4.90 Å². The molecule has 3 N–H and O–H groups in total. The number of rotatable bonds is 7. The van der Waals surface area contributed by atoms with Gasteiger partial charge in [0.25, 0.3) is 5.91 Å². The van der Waals surface area contributed by atoms with Crippen molar-refractivity contribution in [3.63, 3.8) is 0 Å². The van der Waals surface area contributed by atoms with Gasteiger partial charge in [0.2, 0.25) is 10.0 Å². The lowest BCUT2D eigenvalue weighted by Gasteiger charge is -2.11. The third-order valence-corrected chi connectivity index (χ3v) is 7.17. The third-order valence-electron chi connectivity index (χ3n) is 4.63. The molecule has 0 saturated carbocycles. The van der Waals surface area contributed by atoms with Crippen molar-refractivity contribution in [2.75, 3.05) is 11.9 Å². The number of benzene rings is 3. The number of carbonyl (C=O) groups is 1. The standard InChI is InChI=1S/C23H22BrN3O3S2/c1-16-7-8-18(15-21(16)24)22(28)27-23(31)26-19-9-11-20(12-10-19)32(29,30)25-14-13-17-5-3-2-4-6-17/h2-12,15,25H,13-14H2,1H3,(H2,26,27,28,31). The maximum atomic E-state index is 12.5. The fraction of sp³-hybridized carbons (Fsp3) is 0.130. The molecule has 0 unspecified atom stereocenters. The third kappa shape index (κ3) is 6.70. The molecule has 0 heterocycles. The van der Waals surface area contributed by atoms with Crippen LogP contribution in [0.2, 0.25) is 0 Å². The van der Waals surface area contributed by atoms with Crippen LogP contribution in [-0.4, -0.2) is 26.0 Å². The predicted molar refractivity (Wildman–Crippen MR) is 134 cm³/mol. The molecule has 0 aliphatic carbocycles. The highest BCUT2D eigenvalue weighted by Gasteiger charge is 2.14. The Kier molecular flexibility index (Phi) is 8.14. The molecule has 0 aliphatic heterocycles. The molecular weight excluding hydrogens is 510 g/mol. The highest BCUT2D eigenvalue weighted by Crippen LogP contribution is 2.18. The summed E-state index contributed by atoms with van der Waals surface area (Å²) < 4.78 is 28.4. The molecule has 3 aromatic rings. The molecular formula is C23H22BrN3O3S2. The van der Waals surface area contributed by atoms with E-state index in [1.54, 1.807) is 24.3 Å². The quantitative estimate of drug-likeness (QED) is 0.393. The van der Waals surface area contributed by atoms with E-state index in [0.717, 1.165) is 15.6 Å². The van der Waals surface area contributed by atoms with Crippen LogP contribution in [0.4, 0.5) is 5.69 Å². The predicted octanol–water partition coefficient (Wildman–Crippen LogP) is 4.41. The van der Waals surface area contributed by atoms with E-state index in [-0.39, 0.29) is 15.9 Å². The van der Waals surface area contributed by atoms with Gasteiger partial charge < -0.3 is 5.32 Å². The minimum atomic E-state index is -3.62. The summed E-state index contributed by atoms with van der Waals surface area (Å²) in [7, 11) is -3.62. The van der Waals surface area contributed by atoms with Crippen LogP contribution >= 0.6 is 28.1 Å². The van der Waals surface area contributed by atoms with E-state index < -0.39 is 10.0 Å². The second kappa shape index (κ2) is 10.8. The first kappa shape index (κ1) is 24.1. The summed E-state index contributed by atoms with van der Waals surface area (Å²) in [4.78, 5) is 12.5. The van der Waals surface area contributed by atoms with Gasteiger partial charge in [-0.25, -0.2) is 13.1 Å². The molecule has 6 nitrogen and oxygen atoms in total. The van der Waals surface area contributed by atoms with Gasteiger partial charge in [-0.1, -0.05) is 52.3 Å². The molecule has 0 aromatic heterocycles. The molecule has 0 radical (unpaired) electrons. The molecule has 1 amide bonds. The van der Waals surface area contributed by atoms with Crippen LogP contribution in [0.3, 0.4) is 0 Å². The highest BCUT2D eigenvalue weighted by molar-refractivity contribution is 9.10. The molecule has 0 atom stereocenters. The maximum Gasteiger partial charge on any atom is 0.257 e. The summed E-state index contributed by atoms with van der Waals surface area (Å²) in [5.41, 5.74) is 3.11. The second-order valence-electron chi connectivity index (χ2n) is 7.03. The lowest BCUT2D eigenvalue weighted by atomic mass is 10.1. The molecule has 9 heteroatoms. The Morgan fingerprint density at radius 2 is 1.69 bits per heavy atom. The Balaban J connectivity index is 1.54. The van der Waals surface area contributed by atoms with Gasteiger partial charge in [-0.2, -0.15) is 0 Å². The van der Waals surface area contributed by atoms with Crippen molar-refractivity contribution in [1.82, 2.24) is 10.0 Å². The molecule has 3 rings (SSSR count). The maximum absolute atomic E-state index is 12.5. The van der Waals surface area contributed by atoms with Gasteiger partial charge in [0, 0.05) is 22.3 Å². The number of nitrogens with one attached hydrogen (secondary N) is 3. The number of amides is 1. The molecule has 0 spiro atoms. The number of sulfonamides is 1. The fourth-order valence-corrected chi connectivity index (χ4v) is 4.47. The van der Waals surface area contributed by atoms with Crippen molar-refractivity contribution in [1.29, 1.82) is 0 Å². The lowest BCUT2D eigenvalue weighted by Crippen LogP contribution is -2.34. The molecule has 32 heavy (non-hydrogen) atoms. The number of aryl methyl sites for hydroxylation is 1. The van der Waals surface area contributed by atoms with Gasteiger partial charge in [-0.3, -0.25) is 10.1 Å². The van der Waals surface area contributed by atoms with Crippen molar-refractivity contribution in [3.05, 3.63) is 94.0 Å². The first-order valence-electron chi connectivity index (χ1n) is 9.77. The smallest absolute Gasteiger partial charge is 0.257 e. The zero-order valence-electron chi connectivity index (χ0n) is 17.3. The molecule has 0 fully saturated rings. The molecule has 0 bridgehead atoms. The van der Waals surface area contributed by atoms with Crippen LogP contribution in [-0.2, 0) is 16.4 Å². The minimum absolute atomic E-state index is 0.114. The Morgan fingerprint density at radius 1 is 1.00 bits per heavy atom. The van der Waals surface area contributed by atoms with Crippen LogP contribution in [0, 0.1) is 6.92 Å². The largest absolute Gasteiger partial charge is 0.332 e. The summed E-state index contributed by atoms with van der Waals surface area (Å²) in [6.07, 6.45) is 0.602. The van der Waals surface area contributed by atoms with E-state index in [2.05, 4.69) is 31.3 Å². The fourth-order valence-electron chi connectivity index (χ4n) is 2.85. The Bertz CT molecular complexity index is 1210. The van der Waals surface area contributed by atoms with Gasteiger partial charge >= 0.3 is 0 Å². The van der Waals surface area contributed by atoms with Gasteiger partial charge in [-0.05, 0) is 73.1 Å². The average Bonchev–Trinajstić information content (AvgIpc) is 2.76. The van der Waals surface area contributed by atoms with Crippen LogP contribution in [0.1, 0.15) is 21.5 Å². The van der Waals surface area contributed by atoms with E-state index in [9.17, 15) is 13.2 Å². The normalized spacial score (nSPS) is 11.1. The van der Waals surface area contributed by atoms with Crippen molar-refractivity contribution >= 4 is 54.9 Å². The zero-order valence-corrected chi connectivity index (χ0v) is 20.5. The molecule has 0 aliphatic rings. The number of thiocarbonyl (C=S) groups is 1. The zero-order chi connectivity index (χ0) is 23.1. The van der Waals surface area contributed by atoms with Crippen LogP contribution in [0.5, 0.6) is 0 Å². The summed E-state index contributed by atoms with van der Waals surface area (Å²) in [6.45, 7) is 2.23. The highest BCUT2D eigenvalue weighted by atomic mass is 79.9. The van der Waals surface area contributed by atoms with Crippen molar-refractivity contribution < 1.29 is 13.2 Å². The number of hydrogen-bond acceptors (Lipinski definition) is 4. The van der Waals surface area contributed by atoms with Crippen LogP contribution in [0.15, 0.2) is 82.2 Å². The van der Waals surface area contributed by atoms with E-state index in [0.29, 0.717) is 24.2 Å². The Hall–Kier alpha value is -2.59. The lowest BCUT2D eigenvalue weighted by molar-refractivity contribution is 0.0977. The molecule has 0 saturated heterocycles. The second-order valence-corrected chi connectivity index (χ2v) is 10.1. The Morgan fingerprint density at radius 3 is 2.34 bits per heavy atom. The average molecular weight is 532 g/mol. The molecule has 3 aromatic carbocycles. The van der Waals surface area contributed by atoms with E-state index in [1.165, 1.54) is 12.1 Å². The first-order valence-corrected chi connectivity index (χ1v) is 12.5. The van der Waals surface area contributed by atoms with Crippen LogP contribution < -0.4 is 15.4 Å². The topological polar surface area (TPSA) is 87.3 Å². The number of carbonyl (C=O) groups excluding carboxylic acids is 1.